The van der Waals surface area contributed by atoms with Gasteiger partial charge >= 0.3 is 0 Å². The highest BCUT2D eigenvalue weighted by atomic mass is 32.1. The molecule has 0 aliphatic rings. The molecule has 2 heterocycles. The van der Waals surface area contributed by atoms with E-state index in [1.165, 1.54) is 10.4 Å². The predicted octanol–water partition coefficient (Wildman–Crippen LogP) is 4.61. The van der Waals surface area contributed by atoms with Crippen molar-refractivity contribution in [2.24, 2.45) is 0 Å². The van der Waals surface area contributed by atoms with Gasteiger partial charge in [-0.1, -0.05) is 37.3 Å². The highest BCUT2D eigenvalue weighted by molar-refractivity contribution is 7.18. The fourth-order valence-electron chi connectivity index (χ4n) is 2.52. The molecule has 3 rings (SSSR count). The quantitative estimate of drug-likeness (QED) is 0.676. The van der Waals surface area contributed by atoms with Gasteiger partial charge in [-0.2, -0.15) is 0 Å². The molecule has 114 valence electrons. The van der Waals surface area contributed by atoms with E-state index < -0.39 is 0 Å². The second-order valence-corrected chi connectivity index (χ2v) is 6.67. The average molecular weight is 311 g/mol. The molecular formula is C18H21N3S. The van der Waals surface area contributed by atoms with Gasteiger partial charge in [-0.25, -0.2) is 9.97 Å². The Morgan fingerprint density at radius 2 is 1.95 bits per heavy atom. The monoisotopic (exact) mass is 311 g/mol. The van der Waals surface area contributed by atoms with Crippen LogP contribution in [0.5, 0.6) is 0 Å². The molecule has 0 saturated heterocycles. The van der Waals surface area contributed by atoms with Gasteiger partial charge in [-0.15, -0.1) is 11.3 Å². The smallest absolute Gasteiger partial charge is 0.138 e. The van der Waals surface area contributed by atoms with Gasteiger partial charge in [0.1, 0.15) is 16.5 Å². The van der Waals surface area contributed by atoms with Crippen LogP contribution < -0.4 is 5.32 Å². The maximum atomic E-state index is 4.66. The van der Waals surface area contributed by atoms with E-state index >= 15 is 0 Å². The molecule has 4 heteroatoms. The third-order valence-electron chi connectivity index (χ3n) is 3.66. The summed E-state index contributed by atoms with van der Waals surface area (Å²) in [6, 6.07) is 12.8. The van der Waals surface area contributed by atoms with Gasteiger partial charge in [0.05, 0.1) is 5.39 Å². The summed E-state index contributed by atoms with van der Waals surface area (Å²) in [6.45, 7) is 5.15. The predicted molar refractivity (Wildman–Crippen MR) is 94.8 cm³/mol. The number of anilines is 1. The second kappa shape index (κ2) is 6.88. The molecule has 0 fully saturated rings. The first-order chi connectivity index (χ1) is 10.8. The highest BCUT2D eigenvalue weighted by Gasteiger charge is 2.09. The van der Waals surface area contributed by atoms with E-state index in [1.54, 1.807) is 11.3 Å². The van der Waals surface area contributed by atoms with E-state index in [4.69, 9.17) is 0 Å². The lowest BCUT2D eigenvalue weighted by Gasteiger charge is -2.08. The zero-order chi connectivity index (χ0) is 15.4. The van der Waals surface area contributed by atoms with E-state index in [0.29, 0.717) is 0 Å². The van der Waals surface area contributed by atoms with E-state index in [2.05, 4.69) is 65.5 Å². The lowest BCUT2D eigenvalue weighted by Crippen LogP contribution is -2.07. The first-order valence-corrected chi connectivity index (χ1v) is 8.62. The minimum atomic E-state index is 0.867. The SMILES string of the molecule is CCc1nc(NCCCc2ccccc2)c2cc(C)sc2n1. The number of nitrogens with one attached hydrogen (secondary N) is 1. The van der Waals surface area contributed by atoms with Crippen LogP contribution >= 0.6 is 11.3 Å². The molecule has 3 aromatic rings. The first kappa shape index (κ1) is 15.0. The number of hydrogen-bond donors (Lipinski definition) is 1. The average Bonchev–Trinajstić information content (AvgIpc) is 2.92. The van der Waals surface area contributed by atoms with Gasteiger partial charge in [0, 0.05) is 17.8 Å². The molecule has 0 aliphatic heterocycles. The van der Waals surface area contributed by atoms with Crippen LogP contribution in [0, 0.1) is 6.92 Å². The Hall–Kier alpha value is -1.94. The molecule has 0 radical (unpaired) electrons. The van der Waals surface area contributed by atoms with Crippen LogP contribution in [-0.4, -0.2) is 16.5 Å². The molecule has 0 saturated carbocycles. The Morgan fingerprint density at radius 3 is 2.73 bits per heavy atom. The molecule has 0 atom stereocenters. The molecule has 22 heavy (non-hydrogen) atoms. The minimum absolute atomic E-state index is 0.867. The fraction of sp³-hybridized carbons (Fsp3) is 0.333. The Bertz CT molecular complexity index is 750. The lowest BCUT2D eigenvalue weighted by molar-refractivity contribution is 0.855. The van der Waals surface area contributed by atoms with Gasteiger partial charge < -0.3 is 5.32 Å². The summed E-state index contributed by atoms with van der Waals surface area (Å²) in [5, 5.41) is 4.65. The van der Waals surface area contributed by atoms with Crippen LogP contribution in [0.3, 0.4) is 0 Å². The number of benzene rings is 1. The van der Waals surface area contributed by atoms with Gasteiger partial charge in [-0.3, -0.25) is 0 Å². The Kier molecular flexibility index (Phi) is 4.68. The fourth-order valence-corrected chi connectivity index (χ4v) is 3.42. The topological polar surface area (TPSA) is 37.8 Å². The van der Waals surface area contributed by atoms with E-state index in [1.807, 2.05) is 0 Å². The molecule has 2 aromatic heterocycles. The number of thiophene rings is 1. The summed E-state index contributed by atoms with van der Waals surface area (Å²) in [5.41, 5.74) is 1.39. The molecule has 0 spiro atoms. The zero-order valence-electron chi connectivity index (χ0n) is 13.1. The first-order valence-electron chi connectivity index (χ1n) is 7.81. The minimum Gasteiger partial charge on any atom is -0.369 e. The Balaban J connectivity index is 1.68. The molecule has 0 bridgehead atoms. The van der Waals surface area contributed by atoms with Crippen molar-refractivity contribution in [2.45, 2.75) is 33.1 Å². The summed E-state index contributed by atoms with van der Waals surface area (Å²) in [5.74, 6) is 1.90. The molecule has 0 aliphatic carbocycles. The van der Waals surface area contributed by atoms with Crippen molar-refractivity contribution in [2.75, 3.05) is 11.9 Å². The van der Waals surface area contributed by atoms with Crippen LogP contribution in [0.2, 0.25) is 0 Å². The van der Waals surface area contributed by atoms with E-state index in [-0.39, 0.29) is 0 Å². The number of aromatic nitrogens is 2. The summed E-state index contributed by atoms with van der Waals surface area (Å²) in [4.78, 5) is 11.7. The van der Waals surface area contributed by atoms with E-state index in [0.717, 1.165) is 47.7 Å². The normalized spacial score (nSPS) is 11.0. The summed E-state index contributed by atoms with van der Waals surface area (Å²) < 4.78 is 0. The molecule has 0 amide bonds. The number of aryl methyl sites for hydroxylation is 3. The zero-order valence-corrected chi connectivity index (χ0v) is 13.9. The van der Waals surface area contributed by atoms with Crippen LogP contribution in [0.1, 0.15) is 29.6 Å². The second-order valence-electron chi connectivity index (χ2n) is 5.43. The van der Waals surface area contributed by atoms with Crippen LogP contribution in [-0.2, 0) is 12.8 Å². The van der Waals surface area contributed by atoms with Crippen molar-refractivity contribution < 1.29 is 0 Å². The number of hydrogen-bond acceptors (Lipinski definition) is 4. The third kappa shape index (κ3) is 3.45. The summed E-state index contributed by atoms with van der Waals surface area (Å²) >= 11 is 1.74. The standard InChI is InChI=1S/C18H21N3S/c1-3-16-20-17(15-12-13(2)22-18(15)21-16)19-11-7-10-14-8-5-4-6-9-14/h4-6,8-9,12H,3,7,10-11H2,1-2H3,(H,19,20,21). The Labute approximate surface area is 135 Å². The van der Waals surface area contributed by atoms with Gasteiger partial charge in [0.2, 0.25) is 0 Å². The van der Waals surface area contributed by atoms with Gasteiger partial charge in [-0.05, 0) is 31.4 Å². The highest BCUT2D eigenvalue weighted by Crippen LogP contribution is 2.28. The molecule has 1 N–H and O–H groups in total. The number of rotatable bonds is 6. The van der Waals surface area contributed by atoms with Gasteiger partial charge in [0.15, 0.2) is 0 Å². The third-order valence-corrected chi connectivity index (χ3v) is 4.60. The van der Waals surface area contributed by atoms with Gasteiger partial charge in [0.25, 0.3) is 0 Å². The number of fused-ring (bicyclic) bond motifs is 1. The van der Waals surface area contributed by atoms with Crippen LogP contribution in [0.25, 0.3) is 10.2 Å². The van der Waals surface area contributed by atoms with Crippen molar-refractivity contribution in [1.82, 2.24) is 9.97 Å². The van der Waals surface area contributed by atoms with Crippen molar-refractivity contribution in [3.8, 4) is 0 Å². The Morgan fingerprint density at radius 1 is 1.14 bits per heavy atom. The number of nitrogens with zero attached hydrogens (tertiary/aromatic N) is 2. The van der Waals surface area contributed by atoms with Crippen molar-refractivity contribution in [3.05, 3.63) is 52.7 Å². The maximum Gasteiger partial charge on any atom is 0.138 e. The van der Waals surface area contributed by atoms with Crippen molar-refractivity contribution in [3.63, 3.8) is 0 Å². The van der Waals surface area contributed by atoms with Crippen molar-refractivity contribution >= 4 is 27.4 Å². The molecule has 1 aromatic carbocycles. The van der Waals surface area contributed by atoms with Crippen molar-refractivity contribution in [1.29, 1.82) is 0 Å². The molecular weight excluding hydrogens is 290 g/mol. The largest absolute Gasteiger partial charge is 0.369 e. The summed E-state index contributed by atoms with van der Waals surface area (Å²) in [6.07, 6.45) is 3.05. The lowest BCUT2D eigenvalue weighted by atomic mass is 10.1. The van der Waals surface area contributed by atoms with Crippen LogP contribution in [0.15, 0.2) is 36.4 Å². The van der Waals surface area contributed by atoms with E-state index in [9.17, 15) is 0 Å². The summed E-state index contributed by atoms with van der Waals surface area (Å²) in [7, 11) is 0. The maximum absolute atomic E-state index is 4.66. The van der Waals surface area contributed by atoms with Crippen LogP contribution in [0.4, 0.5) is 5.82 Å². The molecule has 3 nitrogen and oxygen atoms in total. The molecule has 0 unspecified atom stereocenters.